The van der Waals surface area contributed by atoms with Crippen molar-refractivity contribution in [1.29, 1.82) is 0 Å². The highest BCUT2D eigenvalue weighted by Gasteiger charge is 2.37. The topological polar surface area (TPSA) is 58.7 Å². The predicted molar refractivity (Wildman–Crippen MR) is 66.3 cm³/mol. The molecule has 1 aliphatic rings. The molecule has 0 spiro atoms. The van der Waals surface area contributed by atoms with Gasteiger partial charge in [0.1, 0.15) is 17.7 Å². The maximum Gasteiger partial charge on any atom is 0.347 e. The van der Waals surface area contributed by atoms with E-state index in [-0.39, 0.29) is 11.7 Å². The molecule has 2 unspecified atom stereocenters. The van der Waals surface area contributed by atoms with Gasteiger partial charge in [0.2, 0.25) is 0 Å². The molecule has 0 aromatic heterocycles. The Bertz CT molecular complexity index is 544. The minimum Gasteiger partial charge on any atom is -0.385 e. The number of amides is 2. The summed E-state index contributed by atoms with van der Waals surface area (Å²) in [6, 6.07) is 4.33. The fourth-order valence-electron chi connectivity index (χ4n) is 1.93. The molecule has 0 bridgehead atoms. The molecule has 18 heavy (non-hydrogen) atoms. The Kier molecular flexibility index (Phi) is 3.02. The van der Waals surface area contributed by atoms with Crippen LogP contribution < -0.4 is 5.73 Å². The maximum absolute atomic E-state index is 12.9. The van der Waals surface area contributed by atoms with Gasteiger partial charge in [0, 0.05) is 0 Å². The molecule has 1 aliphatic heterocycles. The van der Waals surface area contributed by atoms with E-state index in [1.165, 1.54) is 17.0 Å². The number of halogens is 1. The lowest BCUT2D eigenvalue weighted by atomic mass is 10.0. The summed E-state index contributed by atoms with van der Waals surface area (Å²) < 4.78 is 12.9. The SMILES string of the molecule is C#CC(C)N1C(=O)N=C(N)C1c1ccc(F)cc1. The molecule has 1 aromatic carbocycles. The van der Waals surface area contributed by atoms with Crippen molar-refractivity contribution < 1.29 is 9.18 Å². The van der Waals surface area contributed by atoms with Crippen LogP contribution in [-0.4, -0.2) is 22.8 Å². The smallest absolute Gasteiger partial charge is 0.347 e. The first-order valence-corrected chi connectivity index (χ1v) is 5.42. The summed E-state index contributed by atoms with van der Waals surface area (Å²) in [5.41, 5.74) is 6.43. The first kappa shape index (κ1) is 12.1. The van der Waals surface area contributed by atoms with Gasteiger partial charge < -0.3 is 5.73 Å². The van der Waals surface area contributed by atoms with E-state index in [1.807, 2.05) is 0 Å². The highest BCUT2D eigenvalue weighted by molar-refractivity contribution is 6.03. The summed E-state index contributed by atoms with van der Waals surface area (Å²) in [5, 5.41) is 0. The van der Waals surface area contributed by atoms with Crippen molar-refractivity contribution >= 4 is 11.9 Å². The molecule has 2 amide bonds. The first-order valence-electron chi connectivity index (χ1n) is 5.42. The van der Waals surface area contributed by atoms with Gasteiger partial charge in [0.05, 0.1) is 6.04 Å². The maximum atomic E-state index is 12.9. The third kappa shape index (κ3) is 1.93. The van der Waals surface area contributed by atoms with E-state index in [2.05, 4.69) is 10.9 Å². The van der Waals surface area contributed by atoms with Gasteiger partial charge in [-0.25, -0.2) is 9.18 Å². The molecule has 0 saturated carbocycles. The fraction of sp³-hybridized carbons (Fsp3) is 0.231. The number of nitrogens with zero attached hydrogens (tertiary/aromatic N) is 2. The minimum atomic E-state index is -0.524. The van der Waals surface area contributed by atoms with Gasteiger partial charge in [0.25, 0.3) is 0 Å². The number of benzene rings is 1. The second-order valence-corrected chi connectivity index (χ2v) is 4.02. The van der Waals surface area contributed by atoms with Gasteiger partial charge in [-0.1, -0.05) is 18.1 Å². The third-order valence-electron chi connectivity index (χ3n) is 2.85. The lowest BCUT2D eigenvalue weighted by molar-refractivity contribution is 0.199. The van der Waals surface area contributed by atoms with Crippen LogP contribution in [0.2, 0.25) is 0 Å². The van der Waals surface area contributed by atoms with Crippen LogP contribution in [0, 0.1) is 18.2 Å². The first-order chi connectivity index (χ1) is 8.54. The Balaban J connectivity index is 2.41. The highest BCUT2D eigenvalue weighted by atomic mass is 19.1. The predicted octanol–water partition coefficient (Wildman–Crippen LogP) is 1.68. The molecule has 0 radical (unpaired) electrons. The minimum absolute atomic E-state index is 0.175. The quantitative estimate of drug-likeness (QED) is 0.806. The molecular weight excluding hydrogens is 233 g/mol. The van der Waals surface area contributed by atoms with Gasteiger partial charge in [-0.2, -0.15) is 4.99 Å². The molecule has 92 valence electrons. The van der Waals surface area contributed by atoms with E-state index in [0.29, 0.717) is 5.56 Å². The summed E-state index contributed by atoms with van der Waals surface area (Å²) in [6.07, 6.45) is 5.33. The van der Waals surface area contributed by atoms with Crippen LogP contribution in [0.4, 0.5) is 9.18 Å². The summed E-state index contributed by atoms with van der Waals surface area (Å²) >= 11 is 0. The summed E-state index contributed by atoms with van der Waals surface area (Å²) in [7, 11) is 0. The van der Waals surface area contributed by atoms with Crippen LogP contribution in [0.1, 0.15) is 18.5 Å². The third-order valence-corrected chi connectivity index (χ3v) is 2.85. The van der Waals surface area contributed by atoms with Crippen molar-refractivity contribution in [1.82, 2.24) is 4.90 Å². The van der Waals surface area contributed by atoms with Crippen LogP contribution in [0.5, 0.6) is 0 Å². The second kappa shape index (κ2) is 4.49. The average molecular weight is 245 g/mol. The van der Waals surface area contributed by atoms with Crippen molar-refractivity contribution in [2.45, 2.75) is 19.0 Å². The van der Waals surface area contributed by atoms with Crippen molar-refractivity contribution in [3.63, 3.8) is 0 Å². The van der Waals surface area contributed by atoms with Crippen molar-refractivity contribution in [2.24, 2.45) is 10.7 Å². The van der Waals surface area contributed by atoms with Gasteiger partial charge in [-0.3, -0.25) is 4.90 Å². The fourth-order valence-corrected chi connectivity index (χ4v) is 1.93. The number of amidine groups is 1. The largest absolute Gasteiger partial charge is 0.385 e. The van der Waals surface area contributed by atoms with Gasteiger partial charge in [0.15, 0.2) is 0 Å². The van der Waals surface area contributed by atoms with E-state index in [1.54, 1.807) is 19.1 Å². The van der Waals surface area contributed by atoms with Gasteiger partial charge >= 0.3 is 6.03 Å². The Hall–Kier alpha value is -2.35. The molecule has 4 nitrogen and oxygen atoms in total. The van der Waals surface area contributed by atoms with E-state index >= 15 is 0 Å². The van der Waals surface area contributed by atoms with Crippen molar-refractivity contribution in [3.05, 3.63) is 35.6 Å². The second-order valence-electron chi connectivity index (χ2n) is 4.02. The molecule has 2 rings (SSSR count). The number of urea groups is 1. The zero-order chi connectivity index (χ0) is 13.3. The molecule has 0 saturated heterocycles. The van der Waals surface area contributed by atoms with Crippen LogP contribution in [0.3, 0.4) is 0 Å². The number of carbonyl (C=O) groups excluding carboxylic acids is 1. The van der Waals surface area contributed by atoms with Crippen molar-refractivity contribution in [3.8, 4) is 12.3 Å². The lowest BCUT2D eigenvalue weighted by Crippen LogP contribution is -2.38. The lowest BCUT2D eigenvalue weighted by Gasteiger charge is -2.27. The zero-order valence-electron chi connectivity index (χ0n) is 9.80. The summed E-state index contributed by atoms with van der Waals surface area (Å²) in [6.45, 7) is 1.71. The van der Waals surface area contributed by atoms with Crippen LogP contribution >= 0.6 is 0 Å². The number of carbonyl (C=O) groups is 1. The van der Waals surface area contributed by atoms with Gasteiger partial charge in [-0.05, 0) is 24.6 Å². The molecule has 2 atom stereocenters. The van der Waals surface area contributed by atoms with Crippen LogP contribution in [0.15, 0.2) is 29.3 Å². The van der Waals surface area contributed by atoms with E-state index in [4.69, 9.17) is 12.2 Å². The summed E-state index contributed by atoms with van der Waals surface area (Å²) in [4.78, 5) is 16.8. The Morgan fingerprint density at radius 2 is 2.11 bits per heavy atom. The molecule has 2 N–H and O–H groups in total. The Labute approximate surface area is 104 Å². The number of terminal acetylenes is 1. The molecule has 0 aliphatic carbocycles. The number of aliphatic imine (C=N–C) groups is 1. The standard InChI is InChI=1S/C13H12FN3O/c1-3-8(2)17-11(12(15)16-13(17)18)9-4-6-10(14)7-5-9/h1,4-8,11H,2H3,(H2,15,16,18). The zero-order valence-corrected chi connectivity index (χ0v) is 9.80. The molecule has 0 fully saturated rings. The van der Waals surface area contributed by atoms with E-state index in [9.17, 15) is 9.18 Å². The molecule has 1 heterocycles. The van der Waals surface area contributed by atoms with Crippen LogP contribution in [0.25, 0.3) is 0 Å². The number of hydrogen-bond donors (Lipinski definition) is 1. The average Bonchev–Trinajstić information content (AvgIpc) is 2.64. The number of rotatable bonds is 2. The van der Waals surface area contributed by atoms with Crippen molar-refractivity contribution in [2.75, 3.05) is 0 Å². The number of nitrogens with two attached hydrogens (primary N) is 1. The monoisotopic (exact) mass is 245 g/mol. The Morgan fingerprint density at radius 1 is 1.50 bits per heavy atom. The molecule has 5 heteroatoms. The molecular formula is C13H12FN3O. The molecule has 1 aromatic rings. The van der Waals surface area contributed by atoms with Gasteiger partial charge in [-0.15, -0.1) is 6.42 Å². The normalized spacial score (nSPS) is 20.5. The van der Waals surface area contributed by atoms with E-state index in [0.717, 1.165) is 0 Å². The summed E-state index contributed by atoms with van der Waals surface area (Å²) in [5.74, 6) is 2.29. The Morgan fingerprint density at radius 3 is 2.67 bits per heavy atom. The highest BCUT2D eigenvalue weighted by Crippen LogP contribution is 2.28. The van der Waals surface area contributed by atoms with Crippen LogP contribution in [-0.2, 0) is 0 Å². The van der Waals surface area contributed by atoms with E-state index < -0.39 is 18.1 Å². The number of hydrogen-bond acceptors (Lipinski definition) is 2.